The van der Waals surface area contributed by atoms with Gasteiger partial charge >= 0.3 is 0 Å². The lowest BCUT2D eigenvalue weighted by Gasteiger charge is -2.32. The maximum Gasteiger partial charge on any atom is 0.253 e. The molecule has 0 saturated carbocycles. The highest BCUT2D eigenvalue weighted by Gasteiger charge is 2.29. The average Bonchev–Trinajstić information content (AvgIpc) is 3.33. The van der Waals surface area contributed by atoms with Gasteiger partial charge in [-0.25, -0.2) is 0 Å². The van der Waals surface area contributed by atoms with Crippen LogP contribution in [-0.4, -0.2) is 29.8 Å². The summed E-state index contributed by atoms with van der Waals surface area (Å²) in [5.41, 5.74) is 4.04. The summed E-state index contributed by atoms with van der Waals surface area (Å²) >= 11 is 1.63. The van der Waals surface area contributed by atoms with E-state index in [2.05, 4.69) is 16.8 Å². The highest BCUT2D eigenvalue weighted by Crippen LogP contribution is 2.26. The Morgan fingerprint density at radius 1 is 0.967 bits per heavy atom. The van der Waals surface area contributed by atoms with Gasteiger partial charge in [0.25, 0.3) is 5.91 Å². The van der Waals surface area contributed by atoms with E-state index in [1.807, 2.05) is 71.8 Å². The number of amides is 2. The van der Waals surface area contributed by atoms with Crippen molar-refractivity contribution in [3.05, 3.63) is 93.7 Å². The van der Waals surface area contributed by atoms with Gasteiger partial charge in [-0.2, -0.15) is 11.3 Å². The van der Waals surface area contributed by atoms with Crippen LogP contribution in [0.5, 0.6) is 0 Å². The molecular formula is C25H26N2O2S. The van der Waals surface area contributed by atoms with E-state index in [-0.39, 0.29) is 23.8 Å². The maximum atomic E-state index is 13.0. The van der Waals surface area contributed by atoms with E-state index in [0.717, 1.165) is 16.7 Å². The van der Waals surface area contributed by atoms with Gasteiger partial charge in [0, 0.05) is 24.6 Å². The van der Waals surface area contributed by atoms with Crippen LogP contribution in [0.3, 0.4) is 0 Å². The number of likely N-dealkylation sites (tertiary alicyclic amines) is 1. The molecule has 2 aromatic carbocycles. The number of nitrogens with zero attached hydrogens (tertiary/aromatic N) is 1. The second-order valence-electron chi connectivity index (χ2n) is 7.84. The van der Waals surface area contributed by atoms with E-state index in [4.69, 9.17) is 0 Å². The molecule has 30 heavy (non-hydrogen) atoms. The molecule has 1 saturated heterocycles. The Hall–Kier alpha value is -2.92. The van der Waals surface area contributed by atoms with Crippen LogP contribution in [0.1, 0.15) is 45.9 Å². The van der Waals surface area contributed by atoms with E-state index in [1.54, 1.807) is 11.3 Å². The third-order valence-electron chi connectivity index (χ3n) is 5.75. The summed E-state index contributed by atoms with van der Waals surface area (Å²) in [6, 6.07) is 19.7. The molecule has 0 aliphatic carbocycles. The highest BCUT2D eigenvalue weighted by molar-refractivity contribution is 7.08. The Labute approximate surface area is 181 Å². The van der Waals surface area contributed by atoms with E-state index in [1.165, 1.54) is 0 Å². The summed E-state index contributed by atoms with van der Waals surface area (Å²) in [5.74, 6) is 0.0451. The molecule has 1 unspecified atom stereocenters. The van der Waals surface area contributed by atoms with Crippen molar-refractivity contribution in [2.75, 3.05) is 13.1 Å². The third-order valence-corrected chi connectivity index (χ3v) is 6.45. The number of carbonyl (C=O) groups is 2. The first kappa shape index (κ1) is 20.4. The first-order valence-electron chi connectivity index (χ1n) is 10.3. The summed E-state index contributed by atoms with van der Waals surface area (Å²) in [5, 5.41) is 7.37. The summed E-state index contributed by atoms with van der Waals surface area (Å²) in [6.45, 7) is 3.23. The van der Waals surface area contributed by atoms with Gasteiger partial charge in [0.05, 0.1) is 6.04 Å². The number of aryl methyl sites for hydroxylation is 1. The summed E-state index contributed by atoms with van der Waals surface area (Å²) < 4.78 is 0. The average molecular weight is 419 g/mol. The Kier molecular flexibility index (Phi) is 6.29. The number of piperidine rings is 1. The Balaban J connectivity index is 1.39. The highest BCUT2D eigenvalue weighted by atomic mass is 32.1. The van der Waals surface area contributed by atoms with Crippen LogP contribution in [0.2, 0.25) is 0 Å². The van der Waals surface area contributed by atoms with Gasteiger partial charge in [-0.05, 0) is 59.9 Å². The minimum atomic E-state index is -0.142. The Bertz CT molecular complexity index is 976. The van der Waals surface area contributed by atoms with Crippen molar-refractivity contribution in [1.29, 1.82) is 0 Å². The molecule has 1 N–H and O–H groups in total. The smallest absolute Gasteiger partial charge is 0.253 e. The van der Waals surface area contributed by atoms with Gasteiger partial charge < -0.3 is 10.2 Å². The van der Waals surface area contributed by atoms with Gasteiger partial charge in [0.2, 0.25) is 5.91 Å². The number of hydrogen-bond donors (Lipinski definition) is 1. The molecule has 2 heterocycles. The fraction of sp³-hybridized carbons (Fsp3) is 0.280. The molecule has 1 fully saturated rings. The van der Waals surface area contributed by atoms with Crippen molar-refractivity contribution < 1.29 is 9.59 Å². The minimum absolute atomic E-state index is 0.0503. The predicted molar refractivity (Wildman–Crippen MR) is 121 cm³/mol. The van der Waals surface area contributed by atoms with Crippen molar-refractivity contribution in [2.45, 2.75) is 25.8 Å². The quantitative estimate of drug-likeness (QED) is 0.646. The van der Waals surface area contributed by atoms with Crippen LogP contribution in [0, 0.1) is 12.8 Å². The fourth-order valence-electron chi connectivity index (χ4n) is 3.93. The second-order valence-corrected chi connectivity index (χ2v) is 8.62. The summed E-state index contributed by atoms with van der Waals surface area (Å²) in [4.78, 5) is 27.6. The first-order chi connectivity index (χ1) is 14.6. The lowest BCUT2D eigenvalue weighted by molar-refractivity contribution is -0.126. The molecule has 4 nitrogen and oxygen atoms in total. The van der Waals surface area contributed by atoms with Gasteiger partial charge in [-0.1, -0.05) is 48.0 Å². The molecule has 3 aromatic rings. The van der Waals surface area contributed by atoms with Gasteiger partial charge in [-0.3, -0.25) is 9.59 Å². The molecule has 1 aliphatic heterocycles. The maximum absolute atomic E-state index is 13.0. The third kappa shape index (κ3) is 4.62. The van der Waals surface area contributed by atoms with Crippen LogP contribution in [0.4, 0.5) is 0 Å². The molecule has 1 aromatic heterocycles. The molecule has 0 radical (unpaired) electrons. The summed E-state index contributed by atoms with van der Waals surface area (Å²) in [6.07, 6.45) is 1.38. The van der Waals surface area contributed by atoms with E-state index < -0.39 is 0 Å². The van der Waals surface area contributed by atoms with E-state index in [9.17, 15) is 9.59 Å². The van der Waals surface area contributed by atoms with Crippen LogP contribution in [-0.2, 0) is 4.79 Å². The van der Waals surface area contributed by atoms with Gasteiger partial charge in [0.1, 0.15) is 0 Å². The molecule has 4 rings (SSSR count). The standard InChI is InChI=1S/C25H26N2O2S/c1-18-7-9-21(10-8-18)25(29)27-14-11-20(12-15-27)24(28)26-23(22-13-16-30-17-22)19-5-3-2-4-6-19/h2-10,13,16-17,20,23H,11-12,14-15H2,1H3,(H,26,28). The zero-order valence-corrected chi connectivity index (χ0v) is 17.9. The van der Waals surface area contributed by atoms with Crippen molar-refractivity contribution in [3.63, 3.8) is 0 Å². The number of thiophene rings is 1. The van der Waals surface area contributed by atoms with Crippen LogP contribution in [0.25, 0.3) is 0 Å². The largest absolute Gasteiger partial charge is 0.345 e. The monoisotopic (exact) mass is 418 g/mol. The van der Waals surface area contributed by atoms with Crippen molar-refractivity contribution in [2.24, 2.45) is 5.92 Å². The van der Waals surface area contributed by atoms with Crippen LogP contribution >= 0.6 is 11.3 Å². The molecule has 0 bridgehead atoms. The zero-order valence-electron chi connectivity index (χ0n) is 17.1. The van der Waals surface area contributed by atoms with Crippen molar-refractivity contribution >= 4 is 23.2 Å². The molecule has 5 heteroatoms. The number of carbonyl (C=O) groups excluding carboxylic acids is 2. The van der Waals surface area contributed by atoms with Gasteiger partial charge in [-0.15, -0.1) is 0 Å². The topological polar surface area (TPSA) is 49.4 Å². The molecule has 2 amide bonds. The van der Waals surface area contributed by atoms with Crippen LogP contribution < -0.4 is 5.32 Å². The number of rotatable bonds is 5. The second kappa shape index (κ2) is 9.26. The predicted octanol–water partition coefficient (Wildman–Crippen LogP) is 4.81. The normalized spacial score (nSPS) is 15.6. The Morgan fingerprint density at radius 3 is 2.30 bits per heavy atom. The molecule has 154 valence electrons. The lowest BCUT2D eigenvalue weighted by Crippen LogP contribution is -2.43. The van der Waals surface area contributed by atoms with Gasteiger partial charge in [0.15, 0.2) is 0 Å². The molecule has 1 atom stereocenters. The number of nitrogens with one attached hydrogen (secondary N) is 1. The minimum Gasteiger partial charge on any atom is -0.345 e. The number of hydrogen-bond acceptors (Lipinski definition) is 3. The SMILES string of the molecule is Cc1ccc(C(=O)N2CCC(C(=O)NC(c3ccccc3)c3ccsc3)CC2)cc1. The van der Waals surface area contributed by atoms with Crippen LogP contribution in [0.15, 0.2) is 71.4 Å². The molecule has 0 spiro atoms. The lowest BCUT2D eigenvalue weighted by atomic mass is 9.93. The zero-order chi connectivity index (χ0) is 20.9. The van der Waals surface area contributed by atoms with E-state index >= 15 is 0 Å². The van der Waals surface area contributed by atoms with Crippen molar-refractivity contribution in [3.8, 4) is 0 Å². The molecule has 1 aliphatic rings. The molecular weight excluding hydrogens is 392 g/mol. The number of benzene rings is 2. The summed E-state index contributed by atoms with van der Waals surface area (Å²) in [7, 11) is 0. The van der Waals surface area contributed by atoms with E-state index in [0.29, 0.717) is 31.5 Å². The Morgan fingerprint density at radius 2 is 1.67 bits per heavy atom. The first-order valence-corrected chi connectivity index (χ1v) is 11.3. The van der Waals surface area contributed by atoms with Crippen molar-refractivity contribution in [1.82, 2.24) is 10.2 Å². The fourth-order valence-corrected chi connectivity index (χ4v) is 4.61.